The molecule has 0 radical (unpaired) electrons. The molecule has 1 atom stereocenters. The van der Waals surface area contributed by atoms with Crippen LogP contribution in [-0.2, 0) is 19.1 Å². The molecule has 4 nitrogen and oxygen atoms in total. The summed E-state index contributed by atoms with van der Waals surface area (Å²) in [6.45, 7) is 6.96. The van der Waals surface area contributed by atoms with E-state index in [1.165, 1.54) is 6.92 Å². The Morgan fingerprint density at radius 2 is 2.07 bits per heavy atom. The van der Waals surface area contributed by atoms with Gasteiger partial charge in [0.1, 0.15) is 6.61 Å². The summed E-state index contributed by atoms with van der Waals surface area (Å²) in [6.07, 6.45) is -0.833. The van der Waals surface area contributed by atoms with Gasteiger partial charge in [-0.3, -0.25) is 11.7 Å². The van der Waals surface area contributed by atoms with E-state index in [-0.39, 0.29) is 6.61 Å². The summed E-state index contributed by atoms with van der Waals surface area (Å²) in [4.78, 5) is 20.8. The summed E-state index contributed by atoms with van der Waals surface area (Å²) in [6, 6.07) is 0. The number of hydrogen-bond donors (Lipinski definition) is 0. The smallest absolute Gasteiger partial charge is 0.366 e. The van der Waals surface area contributed by atoms with E-state index in [2.05, 4.69) is 23.0 Å². The van der Waals surface area contributed by atoms with Gasteiger partial charge in [-0.2, -0.15) is 4.39 Å². The van der Waals surface area contributed by atoms with Crippen LogP contribution in [0.25, 0.3) is 0 Å². The normalized spacial score (nSPS) is 10.8. The molecule has 0 aliphatic heterocycles. The maximum Gasteiger partial charge on any atom is 0.366 e. The summed E-state index contributed by atoms with van der Waals surface area (Å²) < 4.78 is 20.8. The van der Waals surface area contributed by atoms with Crippen LogP contribution < -0.4 is 0 Å². The minimum Gasteiger partial charge on any atom is -0.492 e. The fourth-order valence-electron chi connectivity index (χ4n) is 0.516. The number of ether oxygens (including phenoxy) is 2. The number of hydrogen-bond acceptors (Lipinski definition) is 4. The number of halogens is 1. The third-order valence-electron chi connectivity index (χ3n) is 0.954. The first-order chi connectivity index (χ1) is 5.93. The average molecular weight is 456 g/mol. The van der Waals surface area contributed by atoms with Crippen LogP contribution in [0.2, 0.25) is 0 Å². The summed E-state index contributed by atoms with van der Waals surface area (Å²) >= 11 is 0. The zero-order chi connectivity index (χ0) is 10.4. The first-order valence-electron chi connectivity index (χ1n) is 3.45. The Balaban J connectivity index is 0. The summed E-state index contributed by atoms with van der Waals surface area (Å²) in [5.41, 5.74) is 0. The molecule has 0 aromatic carbocycles. The minimum absolute atomic E-state index is 0. The molecule has 14 heavy (non-hydrogen) atoms. The van der Waals surface area contributed by atoms with E-state index in [0.29, 0.717) is 0 Å². The van der Waals surface area contributed by atoms with Gasteiger partial charge in [-0.25, -0.2) is 4.79 Å². The van der Waals surface area contributed by atoms with Crippen molar-refractivity contribution < 1.29 is 23.5 Å². The van der Waals surface area contributed by atoms with Crippen molar-refractivity contribution in [1.29, 1.82) is 0 Å². The quantitative estimate of drug-likeness (QED) is 0.357. The van der Waals surface area contributed by atoms with Crippen molar-refractivity contribution in [2.24, 2.45) is 0 Å². The predicted octanol–water partition coefficient (Wildman–Crippen LogP) is 0.779. The Bertz CT molecular complexity index is 229. The van der Waals surface area contributed by atoms with Crippen LogP contribution in [-0.4, -0.2) is 24.6 Å². The Hall–Kier alpha value is -2.39. The monoisotopic (exact) mass is 456 g/mol. The van der Waals surface area contributed by atoms with Gasteiger partial charge in [-0.1, -0.05) is 6.58 Å². The molecule has 0 aromatic rings. The largest absolute Gasteiger partial charge is 0.492 e. The van der Waals surface area contributed by atoms with Crippen LogP contribution in [0.5, 0.6) is 0 Å². The van der Waals surface area contributed by atoms with Crippen LogP contribution in [0, 0.1) is 6.92 Å². The molecule has 0 saturated carbocycles. The van der Waals surface area contributed by atoms with E-state index in [1.807, 2.05) is 0 Å². The van der Waals surface area contributed by atoms with Crippen LogP contribution in [0.3, 0.4) is 0 Å². The van der Waals surface area contributed by atoms with Crippen molar-refractivity contribution in [2.75, 3.05) is 6.61 Å². The average Bonchev–Trinajstić information content (AvgIpc) is 1.98. The number of carbonyl (C=O) groups is 2. The molecule has 6 heteroatoms. The second-order valence-electron chi connectivity index (χ2n) is 2.23. The van der Waals surface area contributed by atoms with Gasteiger partial charge in [0.25, 0.3) is 5.97 Å². The maximum absolute atomic E-state index is 12.0. The van der Waals surface area contributed by atoms with Gasteiger partial charge >= 0.3 is 5.97 Å². The molecule has 0 saturated heterocycles. The van der Waals surface area contributed by atoms with Crippen molar-refractivity contribution in [2.45, 2.75) is 13.0 Å². The van der Waals surface area contributed by atoms with Gasteiger partial charge < -0.3 is 9.47 Å². The van der Waals surface area contributed by atoms with Crippen molar-refractivity contribution in [3.63, 3.8) is 0 Å². The summed E-state index contributed by atoms with van der Waals surface area (Å²) in [5.74, 6) is -2.93. The van der Waals surface area contributed by atoms with Crippen molar-refractivity contribution in [3.8, 4) is 0 Å². The summed E-state index contributed by atoms with van der Waals surface area (Å²) in [5, 5.41) is 0. The molecule has 0 aliphatic carbocycles. The molecule has 0 spiro atoms. The zero-order valence-corrected chi connectivity index (χ0v) is 14.3. The summed E-state index contributed by atoms with van der Waals surface area (Å²) in [7, 11) is 0. The minimum atomic E-state index is -1.20. The first-order valence-corrected chi connectivity index (χ1v) is 3.45. The fourth-order valence-corrected chi connectivity index (χ4v) is 0.516. The van der Waals surface area contributed by atoms with Crippen molar-refractivity contribution in [1.82, 2.24) is 0 Å². The van der Waals surface area contributed by atoms with Gasteiger partial charge in [-0.15, -0.1) is 0 Å². The van der Waals surface area contributed by atoms with E-state index in [1.54, 1.807) is 0 Å². The van der Waals surface area contributed by atoms with Gasteiger partial charge in [-0.05, 0) is 0 Å². The van der Waals surface area contributed by atoms with E-state index in [0.717, 1.165) is 0 Å². The molecule has 0 amide bonds. The zero-order valence-electron chi connectivity index (χ0n) is 7.92. The molecule has 0 bridgehead atoms. The third kappa shape index (κ3) is 6.33. The Labute approximate surface area is 75.3 Å². The Morgan fingerprint density at radius 1 is 1.57 bits per heavy atom. The maximum atomic E-state index is 12.0. The predicted molar refractivity (Wildman–Crippen MR) is 42.1 cm³/mol. The van der Waals surface area contributed by atoms with Crippen LogP contribution >= 0.6 is 0 Å². The van der Waals surface area contributed by atoms with Crippen molar-refractivity contribution >= 4 is 11.9 Å². The first kappa shape index (κ1) is 14.2. The molecule has 0 aromatic heterocycles. The molecule has 0 heterocycles. The van der Waals surface area contributed by atoms with Gasteiger partial charge in [0.15, 0.2) is 0 Å². The van der Waals surface area contributed by atoms with Gasteiger partial charge in [0.05, 0.1) is 0 Å². The molecule has 1 unspecified atom stereocenters. The van der Waals surface area contributed by atoms with Crippen LogP contribution in [0.15, 0.2) is 12.4 Å². The Kier molecular flexibility index (Phi) is 6.23. The molecule has 0 rings (SSSR count). The molecular weight excluding hydrogens is 446 g/mol. The van der Waals surface area contributed by atoms with E-state index in [4.69, 9.17) is 0 Å². The Morgan fingerprint density at radius 3 is 2.43 bits per heavy atom. The number of esters is 2. The van der Waals surface area contributed by atoms with Gasteiger partial charge in [0, 0.05) is 13.0 Å². The van der Waals surface area contributed by atoms with Crippen LogP contribution in [0.4, 0.5) is 4.39 Å². The molecule has 0 N–H and O–H groups in total. The van der Waals surface area contributed by atoms with Crippen molar-refractivity contribution in [3.05, 3.63) is 19.3 Å². The van der Waals surface area contributed by atoms with Gasteiger partial charge in [0.2, 0.25) is 5.83 Å². The number of rotatable bonds is 4. The second-order valence-corrected chi connectivity index (χ2v) is 2.23. The fraction of sp³-hybridized carbons (Fsp3) is 0.375. The third-order valence-corrected chi connectivity index (χ3v) is 0.954. The molecule has 0 aliphatic rings. The SMILES string of the molecule is C=C(F)C(=O)OCC([CH2-])OC(C)=O.[Rf]. The van der Waals surface area contributed by atoms with E-state index >= 15 is 0 Å². The van der Waals surface area contributed by atoms with Crippen LogP contribution in [0.1, 0.15) is 6.92 Å². The number of carbonyl (C=O) groups excluding carboxylic acids is 2. The van der Waals surface area contributed by atoms with E-state index in [9.17, 15) is 14.0 Å². The molecule has 0 fully saturated rings. The standard InChI is InChI=1S/C8H10FO4.Rf/c1-5(13-7(3)10)4-12-8(11)6(2)9;/h5H,1-2,4H2,3H3;/q-1;. The molecule has 76 valence electrons. The molecular formula is C8H10FO4Rf-. The topological polar surface area (TPSA) is 52.6 Å². The van der Waals surface area contributed by atoms with E-state index < -0.39 is 23.9 Å². The second kappa shape index (κ2) is 6.16.